The zero-order valence-electron chi connectivity index (χ0n) is 16.5. The minimum Gasteiger partial charge on any atom is -0.490 e. The fourth-order valence-corrected chi connectivity index (χ4v) is 4.08. The van der Waals surface area contributed by atoms with Gasteiger partial charge in [0.05, 0.1) is 10.7 Å². The lowest BCUT2D eigenvalue weighted by Crippen LogP contribution is -2.47. The highest BCUT2D eigenvalue weighted by Gasteiger charge is 2.22. The van der Waals surface area contributed by atoms with Crippen LogP contribution in [0.3, 0.4) is 0 Å². The van der Waals surface area contributed by atoms with Crippen molar-refractivity contribution in [3.63, 3.8) is 0 Å². The van der Waals surface area contributed by atoms with Crippen molar-refractivity contribution < 1.29 is 4.74 Å². The molecule has 2 heterocycles. The van der Waals surface area contributed by atoms with Gasteiger partial charge in [0.25, 0.3) is 0 Å². The van der Waals surface area contributed by atoms with Crippen LogP contribution >= 0.6 is 11.3 Å². The van der Waals surface area contributed by atoms with Crippen molar-refractivity contribution >= 4 is 17.3 Å². The molecule has 1 aliphatic heterocycles. The van der Waals surface area contributed by atoms with Gasteiger partial charge in [0.1, 0.15) is 11.9 Å². The molecule has 146 valence electrons. The highest BCUT2D eigenvalue weighted by atomic mass is 32.1. The van der Waals surface area contributed by atoms with Crippen molar-refractivity contribution in [2.75, 3.05) is 26.7 Å². The van der Waals surface area contributed by atoms with E-state index in [-0.39, 0.29) is 6.10 Å². The number of nitrogens with one attached hydrogen (secondary N) is 1. The van der Waals surface area contributed by atoms with Gasteiger partial charge in [0.15, 0.2) is 5.96 Å². The fourth-order valence-electron chi connectivity index (χ4n) is 3.21. The van der Waals surface area contributed by atoms with Crippen LogP contribution in [0.4, 0.5) is 0 Å². The molecule has 0 amide bonds. The summed E-state index contributed by atoms with van der Waals surface area (Å²) < 4.78 is 6.08. The molecule has 1 N–H and O–H groups in total. The van der Waals surface area contributed by atoms with Crippen LogP contribution in [0.15, 0.2) is 40.7 Å². The number of aromatic nitrogens is 1. The minimum absolute atomic E-state index is 0.284. The van der Waals surface area contributed by atoms with Crippen LogP contribution in [0.1, 0.15) is 43.3 Å². The molecule has 1 aromatic heterocycles. The maximum atomic E-state index is 6.08. The zero-order chi connectivity index (χ0) is 19.1. The number of thiazole rings is 1. The van der Waals surface area contributed by atoms with Crippen molar-refractivity contribution in [1.29, 1.82) is 0 Å². The van der Waals surface area contributed by atoms with Crippen LogP contribution in [0.2, 0.25) is 0 Å². The molecule has 0 atom stereocenters. The lowest BCUT2D eigenvalue weighted by atomic mass is 10.1. The highest BCUT2D eigenvalue weighted by Crippen LogP contribution is 2.20. The first-order valence-corrected chi connectivity index (χ1v) is 10.6. The van der Waals surface area contributed by atoms with Crippen molar-refractivity contribution in [3.05, 3.63) is 46.4 Å². The quantitative estimate of drug-likeness (QED) is 0.604. The third kappa shape index (κ3) is 5.70. The van der Waals surface area contributed by atoms with Gasteiger partial charge in [-0.15, -0.1) is 11.3 Å². The van der Waals surface area contributed by atoms with E-state index in [2.05, 4.69) is 34.4 Å². The van der Waals surface area contributed by atoms with E-state index in [9.17, 15) is 0 Å². The summed E-state index contributed by atoms with van der Waals surface area (Å²) in [7, 11) is 1.86. The number of guanidine groups is 1. The fraction of sp³-hybridized carbons (Fsp3) is 0.524. The van der Waals surface area contributed by atoms with E-state index in [0.29, 0.717) is 5.92 Å². The first-order chi connectivity index (χ1) is 13.2. The van der Waals surface area contributed by atoms with Crippen LogP contribution in [-0.4, -0.2) is 48.6 Å². The first-order valence-electron chi connectivity index (χ1n) is 9.77. The van der Waals surface area contributed by atoms with Gasteiger partial charge in [-0.2, -0.15) is 0 Å². The van der Waals surface area contributed by atoms with Gasteiger partial charge in [-0.3, -0.25) is 4.99 Å². The highest BCUT2D eigenvalue weighted by molar-refractivity contribution is 7.09. The SMILES string of the molecule is CN=C(NCCc1csc(C(C)C)n1)N1CCC(Oc2ccccc2)CC1. The number of rotatable bonds is 6. The summed E-state index contributed by atoms with van der Waals surface area (Å²) >= 11 is 1.76. The smallest absolute Gasteiger partial charge is 0.193 e. The van der Waals surface area contributed by atoms with E-state index in [1.807, 2.05) is 37.4 Å². The van der Waals surface area contributed by atoms with Crippen LogP contribution in [-0.2, 0) is 6.42 Å². The van der Waals surface area contributed by atoms with E-state index < -0.39 is 0 Å². The Hall–Kier alpha value is -2.08. The molecule has 0 unspecified atom stereocenters. The van der Waals surface area contributed by atoms with E-state index in [1.54, 1.807) is 11.3 Å². The normalized spacial score (nSPS) is 16.0. The summed E-state index contributed by atoms with van der Waals surface area (Å²) in [6.45, 7) is 7.16. The number of piperidine rings is 1. The zero-order valence-corrected chi connectivity index (χ0v) is 17.3. The van der Waals surface area contributed by atoms with E-state index in [1.165, 1.54) is 10.7 Å². The van der Waals surface area contributed by atoms with Crippen molar-refractivity contribution in [3.8, 4) is 5.75 Å². The van der Waals surface area contributed by atoms with Gasteiger partial charge in [-0.1, -0.05) is 32.0 Å². The molecule has 6 heteroatoms. The van der Waals surface area contributed by atoms with Gasteiger partial charge in [-0.25, -0.2) is 4.98 Å². The molecule has 1 aliphatic rings. The monoisotopic (exact) mass is 386 g/mol. The van der Waals surface area contributed by atoms with Crippen molar-refractivity contribution in [2.24, 2.45) is 4.99 Å². The van der Waals surface area contributed by atoms with Gasteiger partial charge >= 0.3 is 0 Å². The Morgan fingerprint density at radius 2 is 2.04 bits per heavy atom. The number of benzene rings is 1. The molecular formula is C21H30N4OS. The number of para-hydroxylation sites is 1. The van der Waals surface area contributed by atoms with Gasteiger partial charge in [0, 0.05) is 57.2 Å². The summed E-state index contributed by atoms with van der Waals surface area (Å²) in [5, 5.41) is 6.88. The number of nitrogens with zero attached hydrogens (tertiary/aromatic N) is 3. The maximum absolute atomic E-state index is 6.08. The standard InChI is InChI=1S/C21H30N4OS/c1-16(2)20-24-17(15-27-20)9-12-23-21(22-3)25-13-10-19(11-14-25)26-18-7-5-4-6-8-18/h4-8,15-16,19H,9-14H2,1-3H3,(H,22,23). The van der Waals surface area contributed by atoms with Crippen LogP contribution in [0, 0.1) is 0 Å². The van der Waals surface area contributed by atoms with E-state index in [0.717, 1.165) is 50.6 Å². The van der Waals surface area contributed by atoms with Gasteiger partial charge in [0.2, 0.25) is 0 Å². The summed E-state index contributed by atoms with van der Waals surface area (Å²) in [4.78, 5) is 11.5. The molecule has 0 saturated carbocycles. The van der Waals surface area contributed by atoms with Crippen molar-refractivity contribution in [2.45, 2.75) is 45.1 Å². The molecule has 0 aliphatic carbocycles. The van der Waals surface area contributed by atoms with Gasteiger partial charge < -0.3 is 15.0 Å². The first kappa shape index (κ1) is 19.7. The molecule has 0 spiro atoms. The summed E-state index contributed by atoms with van der Waals surface area (Å²) in [5.74, 6) is 2.44. The van der Waals surface area contributed by atoms with Crippen LogP contribution in [0.25, 0.3) is 0 Å². The predicted octanol–water partition coefficient (Wildman–Crippen LogP) is 3.93. The molecule has 1 fully saturated rings. The topological polar surface area (TPSA) is 49.8 Å². The molecule has 5 nitrogen and oxygen atoms in total. The number of ether oxygens (including phenoxy) is 1. The third-order valence-corrected chi connectivity index (χ3v) is 5.92. The average molecular weight is 387 g/mol. The molecule has 1 saturated heterocycles. The summed E-state index contributed by atoms with van der Waals surface area (Å²) in [6.07, 6.45) is 3.24. The largest absolute Gasteiger partial charge is 0.490 e. The molecule has 3 rings (SSSR count). The number of hydrogen-bond donors (Lipinski definition) is 1. The number of hydrogen-bond acceptors (Lipinski definition) is 4. The van der Waals surface area contributed by atoms with Crippen LogP contribution in [0.5, 0.6) is 5.75 Å². The molecule has 1 aromatic carbocycles. The molecule has 0 bridgehead atoms. The minimum atomic E-state index is 0.284. The molecular weight excluding hydrogens is 356 g/mol. The lowest BCUT2D eigenvalue weighted by Gasteiger charge is -2.34. The van der Waals surface area contributed by atoms with E-state index >= 15 is 0 Å². The summed E-state index contributed by atoms with van der Waals surface area (Å²) in [6, 6.07) is 10.1. The molecule has 2 aromatic rings. The number of aliphatic imine (C=N–C) groups is 1. The summed E-state index contributed by atoms with van der Waals surface area (Å²) in [5.41, 5.74) is 1.17. The molecule has 0 radical (unpaired) electrons. The Bertz CT molecular complexity index is 721. The third-order valence-electron chi connectivity index (χ3n) is 4.73. The van der Waals surface area contributed by atoms with E-state index in [4.69, 9.17) is 9.72 Å². The second-order valence-corrected chi connectivity index (χ2v) is 8.06. The lowest BCUT2D eigenvalue weighted by molar-refractivity contribution is 0.129. The second kappa shape index (κ2) is 9.74. The second-order valence-electron chi connectivity index (χ2n) is 7.17. The Morgan fingerprint density at radius 3 is 2.67 bits per heavy atom. The Morgan fingerprint density at radius 1 is 1.30 bits per heavy atom. The number of likely N-dealkylation sites (tertiary alicyclic amines) is 1. The maximum Gasteiger partial charge on any atom is 0.193 e. The predicted molar refractivity (Wildman–Crippen MR) is 113 cm³/mol. The average Bonchev–Trinajstić information content (AvgIpc) is 3.16. The Labute approximate surface area is 166 Å². The molecule has 27 heavy (non-hydrogen) atoms. The van der Waals surface area contributed by atoms with Crippen LogP contribution < -0.4 is 10.1 Å². The Balaban J connectivity index is 1.42. The Kier molecular flexibility index (Phi) is 7.10. The van der Waals surface area contributed by atoms with Crippen molar-refractivity contribution in [1.82, 2.24) is 15.2 Å². The van der Waals surface area contributed by atoms with Gasteiger partial charge in [-0.05, 0) is 12.1 Å².